The SMILES string of the molecule is COC1C#CC(=O)c2c(O)c3c4c(nc5ccc(/C=N/N(C)C)cn54)c2C1=C(O)C/C=C/[C@H](OC)[C@@H](C)[C@@H](O)[C@H](C)[C@H](O)[C@H](C)[C@@H](O)[C@@H](C)/C=C/C=C(/C)C(=O)N3. The number of aliphatic hydroxyl groups excluding tert-OH is 4. The summed E-state index contributed by atoms with van der Waals surface area (Å²) in [5.41, 5.74) is 1.44. The first kappa shape index (κ1) is 42.8. The molecule has 57 heavy (non-hydrogen) atoms. The van der Waals surface area contributed by atoms with Gasteiger partial charge in [0.25, 0.3) is 5.91 Å². The number of hydrogen-bond acceptors (Lipinski definition) is 12. The summed E-state index contributed by atoms with van der Waals surface area (Å²) in [5, 5.41) is 66.6. The van der Waals surface area contributed by atoms with Crippen LogP contribution in [0, 0.1) is 35.5 Å². The molecule has 2 aromatic heterocycles. The fourth-order valence-corrected chi connectivity index (χ4v) is 7.38. The van der Waals surface area contributed by atoms with Crippen LogP contribution in [0.1, 0.15) is 62.5 Å². The van der Waals surface area contributed by atoms with Gasteiger partial charge in [-0.2, -0.15) is 5.10 Å². The molecule has 1 amide bonds. The van der Waals surface area contributed by atoms with Gasteiger partial charge < -0.3 is 45.3 Å². The number of phenols is 1. The van der Waals surface area contributed by atoms with Crippen molar-refractivity contribution in [3.8, 4) is 17.6 Å². The van der Waals surface area contributed by atoms with Crippen LogP contribution in [-0.2, 0) is 14.3 Å². The van der Waals surface area contributed by atoms with E-state index in [4.69, 9.17) is 14.5 Å². The van der Waals surface area contributed by atoms with E-state index >= 15 is 0 Å². The van der Waals surface area contributed by atoms with Crippen molar-refractivity contribution in [1.29, 1.82) is 0 Å². The highest BCUT2D eigenvalue weighted by atomic mass is 16.5. The minimum Gasteiger partial charge on any atom is -0.512 e. The van der Waals surface area contributed by atoms with E-state index in [1.165, 1.54) is 14.2 Å². The predicted octanol–water partition coefficient (Wildman–Crippen LogP) is 4.62. The van der Waals surface area contributed by atoms with Crippen molar-refractivity contribution in [3.05, 3.63) is 76.7 Å². The summed E-state index contributed by atoms with van der Waals surface area (Å²) in [6.45, 7) is 8.56. The molecule has 5 rings (SSSR count). The molecule has 14 nitrogen and oxygen atoms in total. The molecule has 2 aliphatic rings. The number of amides is 1. The van der Waals surface area contributed by atoms with Crippen LogP contribution in [0.3, 0.4) is 0 Å². The highest BCUT2D eigenvalue weighted by Gasteiger charge is 2.37. The Morgan fingerprint density at radius 1 is 0.965 bits per heavy atom. The van der Waals surface area contributed by atoms with E-state index < -0.39 is 71.6 Å². The molecule has 0 spiro atoms. The second-order valence-corrected chi connectivity index (χ2v) is 15.1. The van der Waals surface area contributed by atoms with Gasteiger partial charge in [0.1, 0.15) is 34.2 Å². The lowest BCUT2D eigenvalue weighted by Crippen LogP contribution is -2.44. The van der Waals surface area contributed by atoms with Crippen molar-refractivity contribution < 1.29 is 44.6 Å². The fourth-order valence-electron chi connectivity index (χ4n) is 7.38. The number of carbonyl (C=O) groups is 2. The summed E-state index contributed by atoms with van der Waals surface area (Å²) >= 11 is 0. The Bertz CT molecular complexity index is 2240. The number of anilines is 1. The number of Topliss-reactive ketones (excluding diaryl/α,β-unsaturated/α-hetero) is 1. The number of pyridine rings is 1. The van der Waals surface area contributed by atoms with Crippen molar-refractivity contribution in [3.63, 3.8) is 0 Å². The largest absolute Gasteiger partial charge is 0.512 e. The number of ether oxygens (including phenoxy) is 2. The normalized spacial score (nSPS) is 30.1. The van der Waals surface area contributed by atoms with Crippen LogP contribution in [0.15, 0.2) is 65.1 Å². The molecule has 304 valence electrons. The molecule has 0 radical (unpaired) electrons. The zero-order valence-corrected chi connectivity index (χ0v) is 33.8. The van der Waals surface area contributed by atoms with Crippen molar-refractivity contribution in [2.45, 2.75) is 71.6 Å². The molecule has 2 bridgehead atoms. The lowest BCUT2D eigenvalue weighted by Gasteiger charge is -2.36. The number of benzene rings is 1. The number of aromatic nitrogens is 2. The van der Waals surface area contributed by atoms with Crippen molar-refractivity contribution in [2.75, 3.05) is 33.6 Å². The van der Waals surface area contributed by atoms with Crippen LogP contribution in [0.5, 0.6) is 5.75 Å². The molecule has 1 aliphatic carbocycles. The van der Waals surface area contributed by atoms with Crippen molar-refractivity contribution in [2.24, 2.45) is 28.8 Å². The fraction of sp³-hybridized carbons (Fsp3) is 0.442. The van der Waals surface area contributed by atoms with Gasteiger partial charge in [-0.15, -0.1) is 0 Å². The number of fused-ring (bicyclic) bond motifs is 1. The zero-order valence-electron chi connectivity index (χ0n) is 33.8. The van der Waals surface area contributed by atoms with Crippen LogP contribution in [0.25, 0.3) is 22.3 Å². The first-order chi connectivity index (χ1) is 27.0. The average Bonchev–Trinajstić information content (AvgIpc) is 3.49. The third-order valence-electron chi connectivity index (χ3n) is 10.9. The molecule has 1 aliphatic heterocycles. The number of allylic oxidation sites excluding steroid dienone is 3. The quantitative estimate of drug-likeness (QED) is 0.0540. The van der Waals surface area contributed by atoms with Gasteiger partial charge in [0.05, 0.1) is 36.2 Å². The lowest BCUT2D eigenvalue weighted by atomic mass is 9.78. The second-order valence-electron chi connectivity index (χ2n) is 15.1. The maximum atomic E-state index is 13.9. The molecule has 3 aromatic rings. The molecule has 6 N–H and O–H groups in total. The predicted molar refractivity (Wildman–Crippen MR) is 219 cm³/mol. The molecular formula is C43H53N5O9. The Kier molecular flexibility index (Phi) is 13.4. The van der Waals surface area contributed by atoms with Crippen LogP contribution in [0.2, 0.25) is 0 Å². The standard InChI is InChI=1S/C43H53N5O9/c1-22-12-10-13-23(2)43(55)46-37-38-36(45-32-19-16-27(21-48(32)38)20-44-47(6)7)35-33(31(57-9)18-17-29(50)34(35)42(37)54)28(49)14-11-15-30(56-8)24(3)40(52)26(5)41(53)25(4)39(22)51/h10-13,15-16,19-22,24-26,30-31,39-41,49,51-54H,14H2,1-9H3,(H,46,55)/b12-10+,15-11+,23-13-,33-28?,44-20+/t22-,24+,25+,26-,30-,31?,39-,40+,41+/m0/s1. The van der Waals surface area contributed by atoms with Gasteiger partial charge in [0.15, 0.2) is 5.75 Å². The number of carbonyl (C=O) groups excluding carboxylic acids is 2. The Morgan fingerprint density at radius 2 is 1.65 bits per heavy atom. The van der Waals surface area contributed by atoms with E-state index in [0.29, 0.717) is 11.2 Å². The molecule has 0 saturated carbocycles. The van der Waals surface area contributed by atoms with Crippen LogP contribution in [-0.4, -0.2) is 117 Å². The first-order valence-electron chi connectivity index (χ1n) is 18.8. The molecule has 0 saturated heterocycles. The van der Waals surface area contributed by atoms with Gasteiger partial charge in [-0.05, 0) is 25.0 Å². The van der Waals surface area contributed by atoms with E-state index in [0.717, 1.165) is 0 Å². The van der Waals surface area contributed by atoms with E-state index in [9.17, 15) is 35.1 Å². The molecule has 0 fully saturated rings. The van der Waals surface area contributed by atoms with Gasteiger partial charge in [-0.1, -0.05) is 64.0 Å². The van der Waals surface area contributed by atoms with Crippen molar-refractivity contribution >= 4 is 45.8 Å². The Hall–Kier alpha value is -5.30. The molecule has 3 heterocycles. The number of hydrogen-bond donors (Lipinski definition) is 6. The van der Waals surface area contributed by atoms with Gasteiger partial charge in [0, 0.05) is 86.9 Å². The maximum Gasteiger partial charge on any atom is 0.251 e. The number of methoxy groups -OCH3 is 2. The third-order valence-corrected chi connectivity index (χ3v) is 10.9. The lowest BCUT2D eigenvalue weighted by molar-refractivity contribution is -0.112. The number of hydrazone groups is 1. The summed E-state index contributed by atoms with van der Waals surface area (Å²) in [4.78, 5) is 32.6. The van der Waals surface area contributed by atoms with E-state index in [1.807, 2.05) is 0 Å². The highest BCUT2D eigenvalue weighted by Crippen LogP contribution is 2.45. The summed E-state index contributed by atoms with van der Waals surface area (Å²) < 4.78 is 13.1. The number of aliphatic hydroxyl groups is 4. The Morgan fingerprint density at radius 3 is 2.32 bits per heavy atom. The zero-order chi connectivity index (χ0) is 41.9. The smallest absolute Gasteiger partial charge is 0.251 e. The number of nitrogens with one attached hydrogen (secondary N) is 1. The number of nitrogens with zero attached hydrogens (tertiary/aromatic N) is 4. The van der Waals surface area contributed by atoms with Crippen LogP contribution in [0.4, 0.5) is 5.69 Å². The average molecular weight is 784 g/mol. The molecule has 1 unspecified atom stereocenters. The number of rotatable bonds is 4. The Balaban J connectivity index is 1.82. The monoisotopic (exact) mass is 783 g/mol. The van der Waals surface area contributed by atoms with Gasteiger partial charge in [-0.3, -0.25) is 14.0 Å². The third kappa shape index (κ3) is 8.68. The van der Waals surface area contributed by atoms with Gasteiger partial charge in [0.2, 0.25) is 5.78 Å². The Labute approximate surface area is 332 Å². The summed E-state index contributed by atoms with van der Waals surface area (Å²) in [7, 11) is 6.42. The van der Waals surface area contributed by atoms with Crippen LogP contribution < -0.4 is 5.32 Å². The topological polar surface area (TPSA) is 199 Å². The summed E-state index contributed by atoms with van der Waals surface area (Å²) in [6.07, 6.45) is 6.54. The van der Waals surface area contributed by atoms with Crippen molar-refractivity contribution in [1.82, 2.24) is 14.4 Å². The minimum atomic E-state index is -1.13. The number of imidazole rings is 1. The summed E-state index contributed by atoms with van der Waals surface area (Å²) in [5.74, 6) is 0.825. The minimum absolute atomic E-state index is 0.0677. The van der Waals surface area contributed by atoms with Crippen LogP contribution >= 0.6 is 0 Å². The van der Waals surface area contributed by atoms with E-state index in [-0.39, 0.29) is 51.2 Å². The number of phenolic OH excluding ortho intramolecular Hbond substituents is 1. The molecule has 1 aromatic carbocycles. The number of aromatic hydroxyl groups is 1. The summed E-state index contributed by atoms with van der Waals surface area (Å²) in [6, 6.07) is 3.52. The first-order valence-corrected chi connectivity index (χ1v) is 18.8. The second kappa shape index (κ2) is 17.9. The molecule has 14 heteroatoms. The highest BCUT2D eigenvalue weighted by molar-refractivity contribution is 6.22. The van der Waals surface area contributed by atoms with E-state index in [1.54, 1.807) is 113 Å². The van der Waals surface area contributed by atoms with Gasteiger partial charge >= 0.3 is 0 Å². The number of ketones is 1. The van der Waals surface area contributed by atoms with E-state index in [2.05, 4.69) is 22.3 Å². The maximum absolute atomic E-state index is 13.9. The molecule has 9 atom stereocenters. The van der Waals surface area contributed by atoms with Gasteiger partial charge in [-0.25, -0.2) is 4.98 Å². The molecular weight excluding hydrogens is 730 g/mol.